The van der Waals surface area contributed by atoms with E-state index in [2.05, 4.69) is 0 Å². The Morgan fingerprint density at radius 2 is 1.56 bits per heavy atom. The molecular weight excluding hydrogens is 348 g/mol. The fraction of sp³-hybridized carbons (Fsp3) is 0.286. The van der Waals surface area contributed by atoms with E-state index in [1.807, 2.05) is 0 Å². The SMILES string of the molecule is CC(=O)[C@]1(C)Cc2c(O)c3c(c(O)c2[C@@H](O)C1)C(=O)c1ccccc1C3=O. The lowest BCUT2D eigenvalue weighted by Gasteiger charge is -2.37. The molecule has 0 radical (unpaired) electrons. The van der Waals surface area contributed by atoms with Crippen molar-refractivity contribution in [1.82, 2.24) is 0 Å². The van der Waals surface area contributed by atoms with Crippen LogP contribution in [0.5, 0.6) is 11.5 Å². The molecule has 0 bridgehead atoms. The van der Waals surface area contributed by atoms with Crippen molar-refractivity contribution >= 4 is 17.3 Å². The second kappa shape index (κ2) is 5.50. The van der Waals surface area contributed by atoms with Gasteiger partial charge in [0.1, 0.15) is 17.3 Å². The molecule has 0 saturated heterocycles. The number of Topliss-reactive ketones (excluding diaryl/α,β-unsaturated/α-hetero) is 1. The quantitative estimate of drug-likeness (QED) is 0.570. The molecule has 4 rings (SSSR count). The summed E-state index contributed by atoms with van der Waals surface area (Å²) in [6.07, 6.45) is -1.12. The summed E-state index contributed by atoms with van der Waals surface area (Å²) in [4.78, 5) is 37.9. The van der Waals surface area contributed by atoms with E-state index in [9.17, 15) is 29.7 Å². The summed E-state index contributed by atoms with van der Waals surface area (Å²) in [5.74, 6) is -2.26. The fourth-order valence-electron chi connectivity index (χ4n) is 4.18. The van der Waals surface area contributed by atoms with E-state index in [0.717, 1.165) is 0 Å². The lowest BCUT2D eigenvalue weighted by atomic mass is 9.67. The van der Waals surface area contributed by atoms with E-state index in [1.165, 1.54) is 19.1 Å². The van der Waals surface area contributed by atoms with E-state index in [1.54, 1.807) is 19.1 Å². The highest BCUT2D eigenvalue weighted by Gasteiger charge is 2.45. The van der Waals surface area contributed by atoms with Gasteiger partial charge in [0.15, 0.2) is 11.6 Å². The highest BCUT2D eigenvalue weighted by Crippen LogP contribution is 2.52. The summed E-state index contributed by atoms with van der Waals surface area (Å²) in [5, 5.41) is 32.2. The van der Waals surface area contributed by atoms with Crippen LogP contribution in [-0.2, 0) is 11.2 Å². The van der Waals surface area contributed by atoms with Gasteiger partial charge in [0.2, 0.25) is 0 Å². The molecule has 0 amide bonds. The van der Waals surface area contributed by atoms with Gasteiger partial charge in [0, 0.05) is 27.7 Å². The molecule has 3 N–H and O–H groups in total. The highest BCUT2D eigenvalue weighted by atomic mass is 16.3. The number of phenolic OH excluding ortho intramolecular Hbond substituents is 2. The number of fused-ring (bicyclic) bond motifs is 3. The van der Waals surface area contributed by atoms with Crippen LogP contribution in [0, 0.1) is 5.41 Å². The predicted octanol–water partition coefficient (Wildman–Crippen LogP) is 2.45. The summed E-state index contributed by atoms with van der Waals surface area (Å²) < 4.78 is 0. The maximum absolute atomic E-state index is 12.9. The molecule has 27 heavy (non-hydrogen) atoms. The average Bonchev–Trinajstić information content (AvgIpc) is 2.62. The molecule has 0 saturated carbocycles. The molecule has 0 fully saturated rings. The molecule has 2 aromatic carbocycles. The summed E-state index contributed by atoms with van der Waals surface area (Å²) >= 11 is 0. The number of phenols is 2. The molecule has 2 aliphatic carbocycles. The van der Waals surface area contributed by atoms with E-state index in [0.29, 0.717) is 0 Å². The van der Waals surface area contributed by atoms with Gasteiger partial charge < -0.3 is 15.3 Å². The Bertz CT molecular complexity index is 1050. The molecule has 0 aliphatic heterocycles. The normalized spacial score (nSPS) is 23.4. The van der Waals surface area contributed by atoms with E-state index < -0.39 is 34.6 Å². The van der Waals surface area contributed by atoms with Crippen molar-refractivity contribution in [1.29, 1.82) is 0 Å². The van der Waals surface area contributed by atoms with E-state index >= 15 is 0 Å². The topological polar surface area (TPSA) is 112 Å². The highest BCUT2D eigenvalue weighted by molar-refractivity contribution is 6.30. The number of aliphatic hydroxyl groups excluding tert-OH is 1. The van der Waals surface area contributed by atoms with Crippen molar-refractivity contribution in [3.05, 3.63) is 57.6 Å². The number of rotatable bonds is 1. The first-order valence-corrected chi connectivity index (χ1v) is 8.65. The number of carbonyl (C=O) groups excluding carboxylic acids is 3. The molecule has 138 valence electrons. The number of hydrogen-bond donors (Lipinski definition) is 3. The third-order valence-corrected chi connectivity index (χ3v) is 5.85. The van der Waals surface area contributed by atoms with Crippen LogP contribution in [0.3, 0.4) is 0 Å². The van der Waals surface area contributed by atoms with Crippen molar-refractivity contribution in [2.75, 3.05) is 0 Å². The Morgan fingerprint density at radius 3 is 2.07 bits per heavy atom. The Kier molecular flexibility index (Phi) is 3.55. The fourth-order valence-corrected chi connectivity index (χ4v) is 4.18. The zero-order valence-electron chi connectivity index (χ0n) is 14.9. The summed E-state index contributed by atoms with van der Waals surface area (Å²) in [6.45, 7) is 3.07. The predicted molar refractivity (Wildman–Crippen MR) is 95.1 cm³/mol. The minimum absolute atomic E-state index is 0.0190. The Labute approximate surface area is 155 Å². The van der Waals surface area contributed by atoms with Crippen molar-refractivity contribution < 1.29 is 29.7 Å². The number of benzene rings is 2. The standard InChI is InChI=1S/C21H18O6/c1-9(22)21(2)7-12-14(13(23)8-21)20(27)16-15(19(12)26)17(24)10-5-3-4-6-11(10)18(16)25/h3-6,13,23,26-27H,7-8H2,1-2H3/t13-,21+/m0/s1. The van der Waals surface area contributed by atoms with Crippen molar-refractivity contribution in [3.8, 4) is 11.5 Å². The minimum Gasteiger partial charge on any atom is -0.507 e. The van der Waals surface area contributed by atoms with Crippen LogP contribution in [-0.4, -0.2) is 32.7 Å². The first-order chi connectivity index (χ1) is 12.7. The maximum atomic E-state index is 12.9. The summed E-state index contributed by atoms with van der Waals surface area (Å²) in [6, 6.07) is 6.19. The van der Waals surface area contributed by atoms with Gasteiger partial charge in [-0.3, -0.25) is 14.4 Å². The molecule has 0 heterocycles. The molecule has 2 aliphatic rings. The van der Waals surface area contributed by atoms with Crippen LogP contribution in [0.25, 0.3) is 0 Å². The monoisotopic (exact) mass is 366 g/mol. The molecule has 2 aromatic rings. The summed E-state index contributed by atoms with van der Waals surface area (Å²) in [7, 11) is 0. The van der Waals surface area contributed by atoms with Crippen LogP contribution in [0.4, 0.5) is 0 Å². The molecule has 0 spiro atoms. The van der Waals surface area contributed by atoms with E-state index in [4.69, 9.17) is 0 Å². The van der Waals surface area contributed by atoms with Gasteiger partial charge in [-0.05, 0) is 19.8 Å². The first-order valence-electron chi connectivity index (χ1n) is 8.65. The van der Waals surface area contributed by atoms with Crippen molar-refractivity contribution in [3.63, 3.8) is 0 Å². The smallest absolute Gasteiger partial charge is 0.198 e. The van der Waals surface area contributed by atoms with E-state index in [-0.39, 0.29) is 52.0 Å². The van der Waals surface area contributed by atoms with Gasteiger partial charge in [0.25, 0.3) is 0 Å². The number of aliphatic hydroxyl groups is 1. The molecule has 6 heteroatoms. The van der Waals surface area contributed by atoms with Gasteiger partial charge >= 0.3 is 0 Å². The van der Waals surface area contributed by atoms with Gasteiger partial charge in [-0.25, -0.2) is 0 Å². The minimum atomic E-state index is -1.24. The van der Waals surface area contributed by atoms with Gasteiger partial charge in [-0.15, -0.1) is 0 Å². The Balaban J connectivity index is 2.04. The van der Waals surface area contributed by atoms with Crippen molar-refractivity contribution in [2.24, 2.45) is 5.41 Å². The molecule has 2 atom stereocenters. The average molecular weight is 366 g/mol. The van der Waals surface area contributed by atoms with Crippen LogP contribution < -0.4 is 0 Å². The molecule has 0 unspecified atom stereocenters. The lowest BCUT2D eigenvalue weighted by Crippen LogP contribution is -2.35. The van der Waals surface area contributed by atoms with Gasteiger partial charge in [-0.2, -0.15) is 0 Å². The second-order valence-electron chi connectivity index (χ2n) is 7.56. The number of hydrogen-bond acceptors (Lipinski definition) is 6. The third-order valence-electron chi connectivity index (χ3n) is 5.85. The largest absolute Gasteiger partial charge is 0.507 e. The molecule has 0 aromatic heterocycles. The summed E-state index contributed by atoms with van der Waals surface area (Å²) in [5.41, 5.74) is -1.05. The van der Waals surface area contributed by atoms with Crippen LogP contribution in [0.1, 0.15) is 69.3 Å². The van der Waals surface area contributed by atoms with Crippen LogP contribution in [0.2, 0.25) is 0 Å². The second-order valence-corrected chi connectivity index (χ2v) is 7.56. The molecular formula is C21H18O6. The zero-order valence-corrected chi connectivity index (χ0v) is 14.9. The third kappa shape index (κ3) is 2.20. The van der Waals surface area contributed by atoms with Gasteiger partial charge in [-0.1, -0.05) is 31.2 Å². The number of ketones is 3. The van der Waals surface area contributed by atoms with Crippen LogP contribution in [0.15, 0.2) is 24.3 Å². The Morgan fingerprint density at radius 1 is 1.04 bits per heavy atom. The maximum Gasteiger partial charge on any atom is 0.198 e. The molecule has 6 nitrogen and oxygen atoms in total. The number of carbonyl (C=O) groups is 3. The lowest BCUT2D eigenvalue weighted by molar-refractivity contribution is -0.128. The van der Waals surface area contributed by atoms with Gasteiger partial charge in [0.05, 0.1) is 17.2 Å². The first kappa shape index (κ1) is 17.4. The zero-order chi connectivity index (χ0) is 19.7. The Hall–Kier alpha value is -2.99. The van der Waals surface area contributed by atoms with Crippen LogP contribution >= 0.6 is 0 Å². The number of aromatic hydroxyl groups is 2. The van der Waals surface area contributed by atoms with Crippen molar-refractivity contribution in [2.45, 2.75) is 32.8 Å².